The van der Waals surface area contributed by atoms with Crippen LogP contribution in [0, 0.1) is 11.8 Å². The van der Waals surface area contributed by atoms with E-state index in [9.17, 15) is 14.4 Å². The molecule has 7 heteroatoms. The van der Waals surface area contributed by atoms with Gasteiger partial charge in [0.05, 0.1) is 0 Å². The number of hydrogen-bond acceptors (Lipinski definition) is 4. The molecule has 2 N–H and O–H groups in total. The zero-order valence-electron chi connectivity index (χ0n) is 26.2. The third-order valence-electron chi connectivity index (χ3n) is 7.10. The number of carbonyl (C=O) groups excluding carboxylic acids is 3. The first-order valence-corrected chi connectivity index (χ1v) is 14.9. The molecule has 0 aliphatic rings. The van der Waals surface area contributed by atoms with Crippen LogP contribution in [0.1, 0.15) is 119 Å². The number of ether oxygens (including phenoxy) is 1. The van der Waals surface area contributed by atoms with Crippen molar-refractivity contribution in [2.45, 2.75) is 131 Å². The molecular weight excluding hydrogens is 490 g/mol. The Bertz CT molecular complexity index is 892. The Morgan fingerprint density at radius 3 is 2.05 bits per heavy atom. The van der Waals surface area contributed by atoms with Crippen molar-refractivity contribution >= 4 is 17.9 Å². The molecule has 3 amide bonds. The van der Waals surface area contributed by atoms with Gasteiger partial charge >= 0.3 is 6.09 Å². The summed E-state index contributed by atoms with van der Waals surface area (Å²) in [5.41, 5.74) is 1.24. The van der Waals surface area contributed by atoms with Crippen LogP contribution in [0.25, 0.3) is 0 Å². The average molecular weight is 546 g/mol. The van der Waals surface area contributed by atoms with Crippen molar-refractivity contribution in [1.29, 1.82) is 0 Å². The molecule has 7 nitrogen and oxygen atoms in total. The predicted molar refractivity (Wildman–Crippen MR) is 159 cm³/mol. The first-order chi connectivity index (χ1) is 18.2. The summed E-state index contributed by atoms with van der Waals surface area (Å²) in [5.74, 6) is -0.161. The van der Waals surface area contributed by atoms with Crippen LogP contribution in [0.3, 0.4) is 0 Å². The number of nitrogens with zero attached hydrogens (tertiary/aromatic N) is 1. The van der Waals surface area contributed by atoms with E-state index in [1.165, 1.54) is 5.56 Å². The molecule has 4 unspecified atom stereocenters. The van der Waals surface area contributed by atoms with Gasteiger partial charge in [-0.25, -0.2) is 4.79 Å². The molecule has 0 fully saturated rings. The normalized spacial score (nSPS) is 14.7. The minimum Gasteiger partial charge on any atom is -0.444 e. The number of benzene rings is 1. The standard InChI is InChI=1S/C32H55N3O4/c1-11-14-21-33-29(36)28(26-19-17-25(13-3)18-20-26)35(24(7)16-15-22(4)5)30(37)27(23(6)12-2)34-31(38)39-32(8,9)10/h17-20,22-24,27-28H,11-16,21H2,1-10H3,(H,33,36)(H,34,38). The van der Waals surface area contributed by atoms with E-state index in [1.807, 2.05) is 45.0 Å². The number of nitrogens with one attached hydrogen (secondary N) is 2. The van der Waals surface area contributed by atoms with E-state index < -0.39 is 23.8 Å². The Morgan fingerprint density at radius 2 is 1.56 bits per heavy atom. The molecule has 0 bridgehead atoms. The topological polar surface area (TPSA) is 87.7 Å². The third kappa shape index (κ3) is 11.6. The summed E-state index contributed by atoms with van der Waals surface area (Å²) < 4.78 is 5.52. The monoisotopic (exact) mass is 545 g/mol. The van der Waals surface area contributed by atoms with Crippen molar-refractivity contribution < 1.29 is 19.1 Å². The minimum absolute atomic E-state index is 0.156. The molecule has 0 heterocycles. The molecule has 0 aliphatic carbocycles. The molecule has 0 aliphatic heterocycles. The van der Waals surface area contributed by atoms with Gasteiger partial charge in [-0.2, -0.15) is 0 Å². The summed E-state index contributed by atoms with van der Waals surface area (Å²) in [6.07, 6.45) is 4.41. The van der Waals surface area contributed by atoms with Crippen molar-refractivity contribution in [3.05, 3.63) is 35.4 Å². The Kier molecular flexibility index (Phi) is 14.6. The van der Waals surface area contributed by atoms with E-state index in [0.29, 0.717) is 18.9 Å². The second-order valence-electron chi connectivity index (χ2n) is 12.2. The highest BCUT2D eigenvalue weighted by Gasteiger charge is 2.40. The van der Waals surface area contributed by atoms with Crippen molar-refractivity contribution in [2.24, 2.45) is 11.8 Å². The molecule has 222 valence electrons. The summed E-state index contributed by atoms with van der Waals surface area (Å²) in [6, 6.07) is 6.10. The maximum absolute atomic E-state index is 14.5. The number of rotatable bonds is 15. The maximum atomic E-state index is 14.5. The lowest BCUT2D eigenvalue weighted by Crippen LogP contribution is -2.57. The smallest absolute Gasteiger partial charge is 0.408 e. The SMILES string of the molecule is CCCCNC(=O)C(c1ccc(CC)cc1)N(C(=O)C(NC(=O)OC(C)(C)C)C(C)CC)C(C)CCC(C)C. The molecule has 4 atom stereocenters. The largest absolute Gasteiger partial charge is 0.444 e. The van der Waals surface area contributed by atoms with Gasteiger partial charge in [-0.3, -0.25) is 9.59 Å². The first kappa shape index (κ1) is 34.5. The van der Waals surface area contributed by atoms with E-state index >= 15 is 0 Å². The van der Waals surface area contributed by atoms with E-state index in [2.05, 4.69) is 38.3 Å². The van der Waals surface area contributed by atoms with Crippen molar-refractivity contribution in [1.82, 2.24) is 15.5 Å². The molecule has 1 aromatic carbocycles. The van der Waals surface area contributed by atoms with E-state index in [1.54, 1.807) is 25.7 Å². The fraction of sp³-hybridized carbons (Fsp3) is 0.719. The number of aryl methyl sites for hydroxylation is 1. The zero-order chi connectivity index (χ0) is 29.8. The highest BCUT2D eigenvalue weighted by molar-refractivity contribution is 5.92. The van der Waals surface area contributed by atoms with E-state index in [-0.39, 0.29) is 23.8 Å². The summed E-state index contributed by atoms with van der Waals surface area (Å²) in [7, 11) is 0. The molecule has 1 aromatic rings. The zero-order valence-corrected chi connectivity index (χ0v) is 26.2. The minimum atomic E-state index is -0.827. The van der Waals surface area contributed by atoms with Crippen LogP contribution in [0.4, 0.5) is 4.79 Å². The van der Waals surface area contributed by atoms with Crippen LogP contribution in [-0.2, 0) is 20.7 Å². The lowest BCUT2D eigenvalue weighted by Gasteiger charge is -2.40. The van der Waals surface area contributed by atoms with Gasteiger partial charge in [0.2, 0.25) is 11.8 Å². The van der Waals surface area contributed by atoms with Gasteiger partial charge in [0, 0.05) is 12.6 Å². The Balaban J connectivity index is 3.62. The Morgan fingerprint density at radius 1 is 0.949 bits per heavy atom. The molecule has 0 saturated carbocycles. The van der Waals surface area contributed by atoms with Gasteiger partial charge in [-0.05, 0) is 76.3 Å². The van der Waals surface area contributed by atoms with Crippen LogP contribution in [0.2, 0.25) is 0 Å². The fourth-order valence-corrected chi connectivity index (χ4v) is 4.45. The average Bonchev–Trinajstić information content (AvgIpc) is 2.87. The molecule has 0 radical (unpaired) electrons. The number of unbranched alkanes of at least 4 members (excludes halogenated alkanes) is 1. The Labute approximate surface area is 237 Å². The summed E-state index contributed by atoms with van der Waals surface area (Å²) in [5, 5.41) is 5.93. The van der Waals surface area contributed by atoms with Gasteiger partial charge in [0.15, 0.2) is 0 Å². The summed E-state index contributed by atoms with van der Waals surface area (Å²) >= 11 is 0. The fourth-order valence-electron chi connectivity index (χ4n) is 4.45. The lowest BCUT2D eigenvalue weighted by molar-refractivity contribution is -0.146. The van der Waals surface area contributed by atoms with Gasteiger partial charge in [-0.1, -0.05) is 78.6 Å². The molecule has 0 saturated heterocycles. The van der Waals surface area contributed by atoms with Crippen LogP contribution < -0.4 is 10.6 Å². The van der Waals surface area contributed by atoms with Crippen LogP contribution in [0.15, 0.2) is 24.3 Å². The number of carbonyl (C=O) groups is 3. The Hall–Kier alpha value is -2.57. The van der Waals surface area contributed by atoms with Gasteiger partial charge in [0.1, 0.15) is 17.7 Å². The highest BCUT2D eigenvalue weighted by Crippen LogP contribution is 2.29. The molecule has 1 rings (SSSR count). The van der Waals surface area contributed by atoms with Gasteiger partial charge < -0.3 is 20.3 Å². The van der Waals surface area contributed by atoms with E-state index in [0.717, 1.165) is 37.7 Å². The van der Waals surface area contributed by atoms with Crippen LogP contribution >= 0.6 is 0 Å². The van der Waals surface area contributed by atoms with Crippen LogP contribution in [0.5, 0.6) is 0 Å². The second-order valence-corrected chi connectivity index (χ2v) is 12.2. The summed E-state index contributed by atoms with van der Waals surface area (Å²) in [6.45, 7) is 20.4. The lowest BCUT2D eigenvalue weighted by atomic mass is 9.93. The van der Waals surface area contributed by atoms with Crippen molar-refractivity contribution in [2.75, 3.05) is 6.54 Å². The van der Waals surface area contributed by atoms with Gasteiger partial charge in [-0.15, -0.1) is 0 Å². The quantitative estimate of drug-likeness (QED) is 0.237. The van der Waals surface area contributed by atoms with Gasteiger partial charge in [0.25, 0.3) is 0 Å². The highest BCUT2D eigenvalue weighted by atomic mass is 16.6. The van der Waals surface area contributed by atoms with Crippen molar-refractivity contribution in [3.63, 3.8) is 0 Å². The first-order valence-electron chi connectivity index (χ1n) is 14.9. The maximum Gasteiger partial charge on any atom is 0.408 e. The van der Waals surface area contributed by atoms with E-state index in [4.69, 9.17) is 4.74 Å². The molecule has 39 heavy (non-hydrogen) atoms. The molecule has 0 spiro atoms. The van der Waals surface area contributed by atoms with Crippen molar-refractivity contribution in [3.8, 4) is 0 Å². The summed E-state index contributed by atoms with van der Waals surface area (Å²) in [4.78, 5) is 42.9. The van der Waals surface area contributed by atoms with Crippen LogP contribution in [-0.4, -0.2) is 47.0 Å². The second kappa shape index (κ2) is 16.5. The predicted octanol–water partition coefficient (Wildman–Crippen LogP) is 6.80. The third-order valence-corrected chi connectivity index (χ3v) is 7.10. The molecular formula is C32H55N3O4. The molecule has 0 aromatic heterocycles. The number of alkyl carbamates (subject to hydrolysis) is 1. The number of hydrogen-bond donors (Lipinski definition) is 2. The number of amides is 3.